The van der Waals surface area contributed by atoms with E-state index >= 15 is 0 Å². The summed E-state index contributed by atoms with van der Waals surface area (Å²) in [6, 6.07) is 0. The van der Waals surface area contributed by atoms with Crippen LogP contribution in [0.15, 0.2) is 0 Å². The largest absolute Gasteiger partial charge is 0.316 e. The highest BCUT2D eigenvalue weighted by molar-refractivity contribution is 4.89. The van der Waals surface area contributed by atoms with Crippen molar-refractivity contribution in [2.45, 2.75) is 72.1 Å². The van der Waals surface area contributed by atoms with Crippen LogP contribution in [0.3, 0.4) is 0 Å². The van der Waals surface area contributed by atoms with Gasteiger partial charge in [-0.3, -0.25) is 0 Å². The molecule has 1 heterocycles. The first-order valence-corrected chi connectivity index (χ1v) is 8.98. The van der Waals surface area contributed by atoms with Crippen LogP contribution in [0.1, 0.15) is 72.1 Å². The molecule has 118 valence electrons. The predicted molar refractivity (Wildman–Crippen MR) is 88.1 cm³/mol. The summed E-state index contributed by atoms with van der Waals surface area (Å²) >= 11 is 0. The Morgan fingerprint density at radius 1 is 0.900 bits per heavy atom. The highest BCUT2D eigenvalue weighted by Gasteiger charge is 2.34. The summed E-state index contributed by atoms with van der Waals surface area (Å²) in [7, 11) is 0. The van der Waals surface area contributed by atoms with Crippen molar-refractivity contribution >= 4 is 0 Å². The highest BCUT2D eigenvalue weighted by Crippen LogP contribution is 2.37. The summed E-state index contributed by atoms with van der Waals surface area (Å²) in [4.78, 5) is 2.77. The minimum Gasteiger partial charge on any atom is -0.316 e. The number of rotatable bonds is 5. The lowest BCUT2D eigenvalue weighted by Crippen LogP contribution is -2.47. The zero-order valence-corrected chi connectivity index (χ0v) is 14.1. The van der Waals surface area contributed by atoms with E-state index in [1.807, 2.05) is 0 Å². The molecular formula is C18H36N2. The molecule has 2 heteroatoms. The average molecular weight is 280 g/mol. The van der Waals surface area contributed by atoms with E-state index in [4.69, 9.17) is 0 Å². The molecule has 0 atom stereocenters. The van der Waals surface area contributed by atoms with Crippen molar-refractivity contribution in [1.82, 2.24) is 10.2 Å². The highest BCUT2D eigenvalue weighted by atomic mass is 15.1. The van der Waals surface area contributed by atoms with Crippen molar-refractivity contribution < 1.29 is 0 Å². The van der Waals surface area contributed by atoms with Crippen LogP contribution in [-0.4, -0.2) is 37.6 Å². The second-order valence-electron chi connectivity index (χ2n) is 8.13. The van der Waals surface area contributed by atoms with Crippen LogP contribution in [0.25, 0.3) is 0 Å². The van der Waals surface area contributed by atoms with Crippen LogP contribution in [-0.2, 0) is 0 Å². The zero-order chi connectivity index (χ0) is 14.5. The molecule has 0 amide bonds. The van der Waals surface area contributed by atoms with Crippen LogP contribution in [0.5, 0.6) is 0 Å². The molecule has 2 fully saturated rings. The maximum absolute atomic E-state index is 3.67. The Balaban J connectivity index is 1.93. The first-order chi connectivity index (χ1) is 9.55. The molecule has 1 aliphatic carbocycles. The molecule has 0 radical (unpaired) electrons. The summed E-state index contributed by atoms with van der Waals surface area (Å²) in [6.07, 6.45) is 11.5. The van der Waals surface area contributed by atoms with Crippen molar-refractivity contribution in [3.05, 3.63) is 0 Å². The zero-order valence-electron chi connectivity index (χ0n) is 14.1. The number of piperidine rings is 1. The second kappa shape index (κ2) is 7.26. The van der Waals surface area contributed by atoms with E-state index in [-0.39, 0.29) is 0 Å². The summed E-state index contributed by atoms with van der Waals surface area (Å²) in [6.45, 7) is 13.5. The predicted octanol–water partition coefficient (Wildman–Crippen LogP) is 4.06. The Morgan fingerprint density at radius 3 is 2.05 bits per heavy atom. The maximum atomic E-state index is 3.67. The summed E-state index contributed by atoms with van der Waals surface area (Å²) in [5.74, 6) is 0. The molecule has 1 saturated carbocycles. The summed E-state index contributed by atoms with van der Waals surface area (Å²) < 4.78 is 0. The van der Waals surface area contributed by atoms with Crippen LogP contribution < -0.4 is 5.32 Å². The molecule has 2 aliphatic rings. The van der Waals surface area contributed by atoms with Crippen LogP contribution in [0.2, 0.25) is 0 Å². The fourth-order valence-corrected chi connectivity index (χ4v) is 4.05. The molecular weight excluding hydrogens is 244 g/mol. The fourth-order valence-electron chi connectivity index (χ4n) is 4.05. The Morgan fingerprint density at radius 2 is 1.50 bits per heavy atom. The summed E-state index contributed by atoms with van der Waals surface area (Å²) in [5, 5.41) is 3.67. The van der Waals surface area contributed by atoms with Gasteiger partial charge in [-0.15, -0.1) is 0 Å². The number of hydrogen-bond acceptors (Lipinski definition) is 2. The second-order valence-corrected chi connectivity index (χ2v) is 8.13. The third-order valence-electron chi connectivity index (χ3n) is 5.68. The van der Waals surface area contributed by atoms with E-state index in [2.05, 4.69) is 31.0 Å². The van der Waals surface area contributed by atoms with Crippen LogP contribution >= 0.6 is 0 Å². The molecule has 0 unspecified atom stereocenters. The number of likely N-dealkylation sites (tertiary alicyclic amines) is 1. The topological polar surface area (TPSA) is 15.3 Å². The molecule has 0 bridgehead atoms. The van der Waals surface area contributed by atoms with Gasteiger partial charge in [0.2, 0.25) is 0 Å². The molecule has 0 aromatic heterocycles. The lowest BCUT2D eigenvalue weighted by atomic mass is 9.77. The molecule has 0 aromatic rings. The number of nitrogens with zero attached hydrogens (tertiary/aromatic N) is 1. The van der Waals surface area contributed by atoms with Crippen molar-refractivity contribution in [1.29, 1.82) is 0 Å². The Kier molecular flexibility index (Phi) is 5.92. The van der Waals surface area contributed by atoms with Gasteiger partial charge in [0.05, 0.1) is 0 Å². The normalized spacial score (nSPS) is 27.1. The van der Waals surface area contributed by atoms with Crippen molar-refractivity contribution in [2.24, 2.45) is 10.8 Å². The van der Waals surface area contributed by atoms with Gasteiger partial charge in [-0.1, -0.05) is 46.5 Å². The first kappa shape index (κ1) is 16.3. The van der Waals surface area contributed by atoms with Gasteiger partial charge in [0.1, 0.15) is 0 Å². The minimum atomic E-state index is 0.563. The Hall–Kier alpha value is -0.0800. The molecule has 2 nitrogen and oxygen atoms in total. The van der Waals surface area contributed by atoms with Crippen molar-refractivity contribution in [2.75, 3.05) is 32.7 Å². The lowest BCUT2D eigenvalue weighted by molar-refractivity contribution is 0.0724. The van der Waals surface area contributed by atoms with E-state index in [0.717, 1.165) is 6.54 Å². The molecule has 1 saturated heterocycles. The third kappa shape index (κ3) is 4.73. The van der Waals surface area contributed by atoms with Gasteiger partial charge < -0.3 is 10.2 Å². The van der Waals surface area contributed by atoms with Gasteiger partial charge in [-0.25, -0.2) is 0 Å². The molecule has 0 spiro atoms. The van der Waals surface area contributed by atoms with E-state index in [0.29, 0.717) is 10.8 Å². The third-order valence-corrected chi connectivity index (χ3v) is 5.68. The first-order valence-electron chi connectivity index (χ1n) is 8.98. The standard InChI is InChI=1S/C18H36N2/c1-4-19-15-18(9-7-5-6-8-10-18)16-20-13-11-17(2,3)12-14-20/h19H,4-16H2,1-3H3. The SMILES string of the molecule is CCNCC1(CN2CCC(C)(C)CC2)CCCCCC1. The van der Waals surface area contributed by atoms with Gasteiger partial charge >= 0.3 is 0 Å². The van der Waals surface area contributed by atoms with E-state index in [9.17, 15) is 0 Å². The van der Waals surface area contributed by atoms with Gasteiger partial charge in [-0.05, 0) is 56.1 Å². The van der Waals surface area contributed by atoms with Gasteiger partial charge in [0.15, 0.2) is 0 Å². The Bertz CT molecular complexity index is 267. The van der Waals surface area contributed by atoms with Gasteiger partial charge in [-0.2, -0.15) is 0 Å². The number of nitrogens with one attached hydrogen (secondary N) is 1. The number of hydrogen-bond donors (Lipinski definition) is 1. The molecule has 20 heavy (non-hydrogen) atoms. The van der Waals surface area contributed by atoms with Gasteiger partial charge in [0.25, 0.3) is 0 Å². The molecule has 0 aromatic carbocycles. The maximum Gasteiger partial charge on any atom is 0.00501 e. The average Bonchev–Trinajstić information content (AvgIpc) is 2.65. The fraction of sp³-hybridized carbons (Fsp3) is 1.00. The van der Waals surface area contributed by atoms with E-state index in [1.54, 1.807) is 0 Å². The van der Waals surface area contributed by atoms with Gasteiger partial charge in [0, 0.05) is 13.1 Å². The smallest absolute Gasteiger partial charge is 0.00501 e. The van der Waals surface area contributed by atoms with Crippen molar-refractivity contribution in [3.63, 3.8) is 0 Å². The minimum absolute atomic E-state index is 0.563. The quantitative estimate of drug-likeness (QED) is 0.764. The lowest BCUT2D eigenvalue weighted by Gasteiger charge is -2.43. The van der Waals surface area contributed by atoms with E-state index < -0.39 is 0 Å². The molecule has 1 N–H and O–H groups in total. The monoisotopic (exact) mass is 280 g/mol. The van der Waals surface area contributed by atoms with E-state index in [1.165, 1.54) is 77.5 Å². The van der Waals surface area contributed by atoms with Crippen LogP contribution in [0, 0.1) is 10.8 Å². The Labute approximate surface area is 126 Å². The molecule has 1 aliphatic heterocycles. The van der Waals surface area contributed by atoms with Crippen LogP contribution in [0.4, 0.5) is 0 Å². The summed E-state index contributed by atoms with van der Waals surface area (Å²) in [5.41, 5.74) is 1.14. The molecule has 2 rings (SSSR count). The van der Waals surface area contributed by atoms with Crippen molar-refractivity contribution in [3.8, 4) is 0 Å².